The first-order chi connectivity index (χ1) is 11.6. The van der Waals surface area contributed by atoms with Gasteiger partial charge in [0, 0.05) is 26.7 Å². The predicted octanol–water partition coefficient (Wildman–Crippen LogP) is 2.20. The van der Waals surface area contributed by atoms with E-state index in [1.807, 2.05) is 42.9 Å². The van der Waals surface area contributed by atoms with Crippen molar-refractivity contribution in [2.24, 2.45) is 7.05 Å². The van der Waals surface area contributed by atoms with E-state index >= 15 is 0 Å². The molecule has 0 saturated carbocycles. The molecule has 6 nitrogen and oxygen atoms in total. The van der Waals surface area contributed by atoms with Gasteiger partial charge in [0.05, 0.1) is 17.6 Å². The van der Waals surface area contributed by atoms with Crippen LogP contribution in [0.1, 0.15) is 25.6 Å². The summed E-state index contributed by atoms with van der Waals surface area (Å²) < 4.78 is 2.05. The zero-order valence-corrected chi connectivity index (χ0v) is 14.8. The van der Waals surface area contributed by atoms with Gasteiger partial charge < -0.3 is 14.8 Å². The number of hydrogen-bond acceptors (Lipinski definition) is 3. The quantitative estimate of drug-likeness (QED) is 0.915. The van der Waals surface area contributed by atoms with Crippen molar-refractivity contribution in [2.45, 2.75) is 32.4 Å². The maximum absolute atomic E-state index is 12.4. The number of nitrogens with one attached hydrogen (secondary N) is 1. The highest BCUT2D eigenvalue weighted by Crippen LogP contribution is 2.15. The highest BCUT2D eigenvalue weighted by Gasteiger charge is 2.19. The number of amides is 2. The minimum atomic E-state index is -0.0481. The van der Waals surface area contributed by atoms with E-state index in [9.17, 15) is 4.79 Å². The SMILES string of the molecule is C[C@H](CNC(=O)N(C)Cc1nc2ccccc2n1C)N1CCCC1. The molecule has 2 aromatic rings. The number of aryl methyl sites for hydroxylation is 1. The fraction of sp³-hybridized carbons (Fsp3) is 0.556. The zero-order chi connectivity index (χ0) is 17.1. The monoisotopic (exact) mass is 329 g/mol. The topological polar surface area (TPSA) is 53.4 Å². The molecule has 0 radical (unpaired) electrons. The Morgan fingerprint density at radius 1 is 1.33 bits per heavy atom. The number of carbonyl (C=O) groups is 1. The third-order valence-corrected chi connectivity index (χ3v) is 4.92. The average Bonchev–Trinajstić information content (AvgIpc) is 3.22. The number of likely N-dealkylation sites (tertiary alicyclic amines) is 1. The maximum Gasteiger partial charge on any atom is 0.317 e. The highest BCUT2D eigenvalue weighted by atomic mass is 16.2. The molecule has 0 aliphatic carbocycles. The molecule has 2 heterocycles. The Hall–Kier alpha value is -2.08. The number of nitrogens with zero attached hydrogens (tertiary/aromatic N) is 4. The molecule has 0 bridgehead atoms. The number of imidazole rings is 1. The molecule has 1 saturated heterocycles. The first-order valence-electron chi connectivity index (χ1n) is 8.69. The standard InChI is InChI=1S/C18H27N5O/c1-14(23-10-6-7-11-23)12-19-18(24)21(2)13-17-20-15-8-4-5-9-16(15)22(17)3/h4-5,8-9,14H,6-7,10-13H2,1-3H3,(H,19,24)/t14-/m1/s1. The number of carbonyl (C=O) groups excluding carboxylic acids is 1. The van der Waals surface area contributed by atoms with E-state index in [0.717, 1.165) is 29.9 Å². The first kappa shape index (κ1) is 16.8. The van der Waals surface area contributed by atoms with Crippen molar-refractivity contribution in [3.8, 4) is 0 Å². The van der Waals surface area contributed by atoms with Crippen LogP contribution in [-0.4, -0.2) is 58.1 Å². The summed E-state index contributed by atoms with van der Waals surface area (Å²) in [7, 11) is 3.81. The molecular weight excluding hydrogens is 302 g/mol. The summed E-state index contributed by atoms with van der Waals surface area (Å²) in [6.45, 7) is 5.65. The summed E-state index contributed by atoms with van der Waals surface area (Å²) in [6, 6.07) is 8.37. The lowest BCUT2D eigenvalue weighted by Gasteiger charge is -2.25. The van der Waals surface area contributed by atoms with E-state index in [1.165, 1.54) is 12.8 Å². The van der Waals surface area contributed by atoms with Crippen LogP contribution in [0.2, 0.25) is 0 Å². The second kappa shape index (κ2) is 7.21. The van der Waals surface area contributed by atoms with Gasteiger partial charge in [-0.3, -0.25) is 4.90 Å². The molecule has 130 valence electrons. The molecule has 2 amide bonds. The minimum absolute atomic E-state index is 0.0481. The number of fused-ring (bicyclic) bond motifs is 1. The van der Waals surface area contributed by atoms with Gasteiger partial charge in [-0.25, -0.2) is 9.78 Å². The van der Waals surface area contributed by atoms with Gasteiger partial charge in [-0.05, 0) is 45.0 Å². The van der Waals surface area contributed by atoms with E-state index in [4.69, 9.17) is 0 Å². The van der Waals surface area contributed by atoms with Crippen LogP contribution >= 0.6 is 0 Å². The number of hydrogen-bond donors (Lipinski definition) is 1. The van der Waals surface area contributed by atoms with Crippen molar-refractivity contribution in [2.75, 3.05) is 26.7 Å². The summed E-state index contributed by atoms with van der Waals surface area (Å²) in [4.78, 5) is 21.1. The van der Waals surface area contributed by atoms with Gasteiger partial charge in [0.1, 0.15) is 5.82 Å². The molecule has 3 rings (SSSR count). The van der Waals surface area contributed by atoms with E-state index < -0.39 is 0 Å². The van der Waals surface area contributed by atoms with Crippen LogP contribution in [-0.2, 0) is 13.6 Å². The van der Waals surface area contributed by atoms with Crippen LogP contribution in [0, 0.1) is 0 Å². The van der Waals surface area contributed by atoms with Gasteiger partial charge in [0.2, 0.25) is 0 Å². The Morgan fingerprint density at radius 3 is 2.75 bits per heavy atom. The van der Waals surface area contributed by atoms with Gasteiger partial charge >= 0.3 is 6.03 Å². The van der Waals surface area contributed by atoms with Gasteiger partial charge in [-0.2, -0.15) is 0 Å². The van der Waals surface area contributed by atoms with Crippen LogP contribution in [0.15, 0.2) is 24.3 Å². The molecule has 1 N–H and O–H groups in total. The van der Waals surface area contributed by atoms with Crippen LogP contribution in [0.5, 0.6) is 0 Å². The Bertz CT molecular complexity index is 704. The fourth-order valence-corrected chi connectivity index (χ4v) is 3.30. The summed E-state index contributed by atoms with van der Waals surface area (Å²) in [5, 5.41) is 3.04. The zero-order valence-electron chi connectivity index (χ0n) is 14.8. The number of para-hydroxylation sites is 2. The summed E-state index contributed by atoms with van der Waals surface area (Å²) in [5.74, 6) is 0.890. The molecule has 1 aliphatic heterocycles. The highest BCUT2D eigenvalue weighted by molar-refractivity contribution is 5.76. The van der Waals surface area contributed by atoms with Gasteiger partial charge in [0.15, 0.2) is 0 Å². The minimum Gasteiger partial charge on any atom is -0.336 e. The maximum atomic E-state index is 12.4. The van der Waals surface area contributed by atoms with Crippen molar-refractivity contribution < 1.29 is 4.79 Å². The lowest BCUT2D eigenvalue weighted by atomic mass is 10.3. The van der Waals surface area contributed by atoms with E-state index in [-0.39, 0.29) is 6.03 Å². The molecule has 0 unspecified atom stereocenters. The average molecular weight is 329 g/mol. The number of rotatable bonds is 5. The molecule has 1 aromatic heterocycles. The molecule has 1 fully saturated rings. The Labute approximate surface area is 143 Å². The van der Waals surface area contributed by atoms with Gasteiger partial charge in [-0.1, -0.05) is 12.1 Å². The predicted molar refractivity (Wildman–Crippen MR) is 95.8 cm³/mol. The van der Waals surface area contributed by atoms with Gasteiger partial charge in [-0.15, -0.1) is 0 Å². The van der Waals surface area contributed by atoms with Crippen LogP contribution < -0.4 is 5.32 Å². The molecule has 1 aromatic carbocycles. The van der Waals surface area contributed by atoms with Gasteiger partial charge in [0.25, 0.3) is 0 Å². The third kappa shape index (κ3) is 3.53. The number of benzene rings is 1. The third-order valence-electron chi connectivity index (χ3n) is 4.92. The normalized spacial score (nSPS) is 16.5. The smallest absolute Gasteiger partial charge is 0.317 e. The van der Waals surface area contributed by atoms with Crippen LogP contribution in [0.25, 0.3) is 11.0 Å². The summed E-state index contributed by atoms with van der Waals surface area (Å²) in [5.41, 5.74) is 2.05. The molecule has 6 heteroatoms. The fourth-order valence-electron chi connectivity index (χ4n) is 3.30. The Morgan fingerprint density at radius 2 is 2.04 bits per heavy atom. The second-order valence-corrected chi connectivity index (χ2v) is 6.71. The van der Waals surface area contributed by atoms with Crippen molar-refractivity contribution in [1.29, 1.82) is 0 Å². The van der Waals surface area contributed by atoms with Crippen LogP contribution in [0.4, 0.5) is 4.79 Å². The second-order valence-electron chi connectivity index (χ2n) is 6.71. The lowest BCUT2D eigenvalue weighted by molar-refractivity contribution is 0.196. The van der Waals surface area contributed by atoms with E-state index in [1.54, 1.807) is 4.90 Å². The van der Waals surface area contributed by atoms with Crippen molar-refractivity contribution in [3.05, 3.63) is 30.1 Å². The number of aromatic nitrogens is 2. The Balaban J connectivity index is 1.56. The van der Waals surface area contributed by atoms with Crippen molar-refractivity contribution in [1.82, 2.24) is 24.7 Å². The van der Waals surface area contributed by atoms with Crippen molar-refractivity contribution >= 4 is 17.1 Å². The Kier molecular flexibility index (Phi) is 5.04. The molecule has 0 spiro atoms. The number of urea groups is 1. The molecule has 24 heavy (non-hydrogen) atoms. The van der Waals surface area contributed by atoms with Crippen LogP contribution in [0.3, 0.4) is 0 Å². The summed E-state index contributed by atoms with van der Waals surface area (Å²) in [6.07, 6.45) is 2.54. The lowest BCUT2D eigenvalue weighted by Crippen LogP contribution is -2.44. The largest absolute Gasteiger partial charge is 0.336 e. The van der Waals surface area contributed by atoms with Crippen molar-refractivity contribution in [3.63, 3.8) is 0 Å². The molecule has 1 atom stereocenters. The van der Waals surface area contributed by atoms with E-state index in [0.29, 0.717) is 19.1 Å². The first-order valence-corrected chi connectivity index (χ1v) is 8.69. The summed E-state index contributed by atoms with van der Waals surface area (Å²) >= 11 is 0. The molecule has 1 aliphatic rings. The van der Waals surface area contributed by atoms with E-state index in [2.05, 4.69) is 22.1 Å². The molecular formula is C18H27N5O.